The van der Waals surface area contributed by atoms with E-state index in [1.54, 1.807) is 0 Å². The molecule has 2 heteroatoms. The summed E-state index contributed by atoms with van der Waals surface area (Å²) < 4.78 is 5.53. The Morgan fingerprint density at radius 3 is 3.00 bits per heavy atom. The molecule has 2 unspecified atom stereocenters. The Labute approximate surface area is 91.7 Å². The number of ether oxygens (including phenoxy) is 1. The second kappa shape index (κ2) is 4.93. The van der Waals surface area contributed by atoms with Crippen molar-refractivity contribution in [1.29, 1.82) is 0 Å². The molecule has 84 valence electrons. The van der Waals surface area contributed by atoms with Crippen molar-refractivity contribution < 1.29 is 9.53 Å². The van der Waals surface area contributed by atoms with E-state index in [1.807, 2.05) is 0 Å². The second-order valence-electron chi connectivity index (χ2n) is 4.75. The lowest BCUT2D eigenvalue weighted by molar-refractivity contribution is -0.125. The molecule has 0 aromatic carbocycles. The first-order chi connectivity index (χ1) is 7.29. The molecule has 1 heterocycles. The average Bonchev–Trinajstić information content (AvgIpc) is 2.53. The molecule has 0 amide bonds. The van der Waals surface area contributed by atoms with Gasteiger partial charge in [-0.2, -0.15) is 0 Å². The van der Waals surface area contributed by atoms with E-state index < -0.39 is 0 Å². The molecule has 0 N–H and O–H groups in total. The van der Waals surface area contributed by atoms with E-state index in [0.29, 0.717) is 5.92 Å². The fraction of sp³-hybridized carbons (Fsp3) is 0.769. The van der Waals surface area contributed by atoms with Gasteiger partial charge in [0.25, 0.3) is 0 Å². The smallest absolute Gasteiger partial charge is 0.187 e. The molecule has 0 radical (unpaired) electrons. The van der Waals surface area contributed by atoms with Crippen LogP contribution in [0.1, 0.15) is 45.4 Å². The van der Waals surface area contributed by atoms with Crippen LogP contribution in [0.4, 0.5) is 0 Å². The predicted octanol–water partition coefficient (Wildman–Crippen LogP) is 2.87. The lowest BCUT2D eigenvalue weighted by Gasteiger charge is -2.14. The van der Waals surface area contributed by atoms with E-state index in [2.05, 4.69) is 13.0 Å². The first kappa shape index (κ1) is 10.9. The van der Waals surface area contributed by atoms with E-state index in [0.717, 1.165) is 31.4 Å². The molecule has 0 aromatic rings. The van der Waals surface area contributed by atoms with Crippen molar-refractivity contribution in [3.05, 3.63) is 11.6 Å². The third-order valence-corrected chi connectivity index (χ3v) is 3.50. The number of carbonyl (C=O) groups excluding carboxylic acids is 1. The number of rotatable bonds is 2. The molecule has 1 fully saturated rings. The summed E-state index contributed by atoms with van der Waals surface area (Å²) in [4.78, 5) is 12.2. The van der Waals surface area contributed by atoms with Crippen molar-refractivity contribution in [3.63, 3.8) is 0 Å². The fourth-order valence-corrected chi connectivity index (χ4v) is 2.45. The van der Waals surface area contributed by atoms with Gasteiger partial charge < -0.3 is 4.74 Å². The third-order valence-electron chi connectivity index (χ3n) is 3.50. The largest absolute Gasteiger partial charge is 0.370 e. The first-order valence-electron chi connectivity index (χ1n) is 6.14. The van der Waals surface area contributed by atoms with Gasteiger partial charge in [-0.05, 0) is 43.6 Å². The predicted molar refractivity (Wildman–Crippen MR) is 59.7 cm³/mol. The summed E-state index contributed by atoms with van der Waals surface area (Å²) in [5.74, 6) is 0.670. The van der Waals surface area contributed by atoms with Crippen molar-refractivity contribution in [2.75, 3.05) is 6.61 Å². The third kappa shape index (κ3) is 2.49. The van der Waals surface area contributed by atoms with Crippen LogP contribution in [0.15, 0.2) is 11.6 Å². The SMILES string of the molecule is CC1CCOC1C(=O)C1=CCCCCC1. The molecule has 0 saturated carbocycles. The molecule has 0 aromatic heterocycles. The van der Waals surface area contributed by atoms with Gasteiger partial charge in [-0.3, -0.25) is 4.79 Å². The minimum atomic E-state index is -0.144. The van der Waals surface area contributed by atoms with E-state index in [9.17, 15) is 4.79 Å². The Bertz CT molecular complexity index is 268. The summed E-state index contributed by atoms with van der Waals surface area (Å²) >= 11 is 0. The van der Waals surface area contributed by atoms with Crippen LogP contribution in [-0.2, 0) is 9.53 Å². The number of allylic oxidation sites excluding steroid dienone is 1. The highest BCUT2D eigenvalue weighted by Crippen LogP contribution is 2.26. The molecular weight excluding hydrogens is 188 g/mol. The summed E-state index contributed by atoms with van der Waals surface area (Å²) in [5.41, 5.74) is 1.03. The van der Waals surface area contributed by atoms with Crippen LogP contribution in [-0.4, -0.2) is 18.5 Å². The van der Waals surface area contributed by atoms with Crippen LogP contribution in [0.2, 0.25) is 0 Å². The zero-order valence-electron chi connectivity index (χ0n) is 9.50. The summed E-state index contributed by atoms with van der Waals surface area (Å²) in [7, 11) is 0. The van der Waals surface area contributed by atoms with Crippen molar-refractivity contribution in [2.45, 2.75) is 51.6 Å². The molecule has 1 aliphatic heterocycles. The monoisotopic (exact) mass is 208 g/mol. The molecule has 0 spiro atoms. The summed E-state index contributed by atoms with van der Waals surface area (Å²) in [6.45, 7) is 2.87. The van der Waals surface area contributed by atoms with Gasteiger partial charge in [0.15, 0.2) is 5.78 Å². The molecule has 1 aliphatic carbocycles. The van der Waals surface area contributed by atoms with Crippen molar-refractivity contribution in [3.8, 4) is 0 Å². The Kier molecular flexibility index (Phi) is 3.57. The number of hydrogen-bond acceptors (Lipinski definition) is 2. The lowest BCUT2D eigenvalue weighted by Crippen LogP contribution is -2.26. The zero-order chi connectivity index (χ0) is 10.7. The Hall–Kier alpha value is -0.630. The molecule has 2 rings (SSSR count). The van der Waals surface area contributed by atoms with Gasteiger partial charge >= 0.3 is 0 Å². The van der Waals surface area contributed by atoms with Crippen LogP contribution < -0.4 is 0 Å². The van der Waals surface area contributed by atoms with Crippen molar-refractivity contribution in [2.24, 2.45) is 5.92 Å². The normalized spacial score (nSPS) is 32.2. The van der Waals surface area contributed by atoms with E-state index >= 15 is 0 Å². The van der Waals surface area contributed by atoms with Crippen LogP contribution >= 0.6 is 0 Å². The molecule has 1 saturated heterocycles. The molecular formula is C13H20O2. The maximum Gasteiger partial charge on any atom is 0.187 e. The molecule has 0 bridgehead atoms. The van der Waals surface area contributed by atoms with Crippen molar-refractivity contribution in [1.82, 2.24) is 0 Å². The van der Waals surface area contributed by atoms with Crippen LogP contribution in [0.5, 0.6) is 0 Å². The maximum atomic E-state index is 12.2. The van der Waals surface area contributed by atoms with Crippen LogP contribution in [0.25, 0.3) is 0 Å². The van der Waals surface area contributed by atoms with Gasteiger partial charge in [-0.1, -0.05) is 19.4 Å². The molecule has 2 aliphatic rings. The number of ketones is 1. The Balaban J connectivity index is 2.02. The number of hydrogen-bond donors (Lipinski definition) is 0. The summed E-state index contributed by atoms with van der Waals surface area (Å²) in [6, 6.07) is 0. The quantitative estimate of drug-likeness (QED) is 0.697. The Morgan fingerprint density at radius 1 is 1.40 bits per heavy atom. The van der Waals surface area contributed by atoms with E-state index in [-0.39, 0.29) is 11.9 Å². The summed E-state index contributed by atoms with van der Waals surface area (Å²) in [5, 5.41) is 0. The number of carbonyl (C=O) groups is 1. The highest BCUT2D eigenvalue weighted by Gasteiger charge is 2.32. The topological polar surface area (TPSA) is 26.3 Å². The van der Waals surface area contributed by atoms with E-state index in [4.69, 9.17) is 4.74 Å². The highest BCUT2D eigenvalue weighted by atomic mass is 16.5. The van der Waals surface area contributed by atoms with Crippen LogP contribution in [0.3, 0.4) is 0 Å². The minimum absolute atomic E-state index is 0.144. The lowest BCUT2D eigenvalue weighted by atomic mass is 9.94. The van der Waals surface area contributed by atoms with Crippen molar-refractivity contribution >= 4 is 5.78 Å². The molecule has 2 nitrogen and oxygen atoms in total. The molecule has 2 atom stereocenters. The molecule has 15 heavy (non-hydrogen) atoms. The average molecular weight is 208 g/mol. The maximum absolute atomic E-state index is 12.2. The van der Waals surface area contributed by atoms with Gasteiger partial charge in [0.2, 0.25) is 0 Å². The zero-order valence-corrected chi connectivity index (χ0v) is 9.50. The second-order valence-corrected chi connectivity index (χ2v) is 4.75. The van der Waals surface area contributed by atoms with Gasteiger partial charge in [0.1, 0.15) is 6.10 Å². The summed E-state index contributed by atoms with van der Waals surface area (Å²) in [6.07, 6.45) is 8.72. The van der Waals surface area contributed by atoms with Gasteiger partial charge in [0, 0.05) is 6.61 Å². The van der Waals surface area contributed by atoms with Gasteiger partial charge in [-0.15, -0.1) is 0 Å². The number of Topliss-reactive ketones (excluding diaryl/α,β-unsaturated/α-hetero) is 1. The standard InChI is InChI=1S/C13H20O2/c1-10-8-9-15-13(10)12(14)11-6-4-2-3-5-7-11/h6,10,13H,2-5,7-9H2,1H3. The van der Waals surface area contributed by atoms with Gasteiger partial charge in [-0.25, -0.2) is 0 Å². The fourth-order valence-electron chi connectivity index (χ4n) is 2.45. The minimum Gasteiger partial charge on any atom is -0.370 e. The van der Waals surface area contributed by atoms with Gasteiger partial charge in [0.05, 0.1) is 0 Å². The highest BCUT2D eigenvalue weighted by molar-refractivity contribution is 5.99. The Morgan fingerprint density at radius 2 is 2.27 bits per heavy atom. The van der Waals surface area contributed by atoms with Crippen LogP contribution in [0, 0.1) is 5.92 Å². The first-order valence-corrected chi connectivity index (χ1v) is 6.14. The van der Waals surface area contributed by atoms with E-state index in [1.165, 1.54) is 19.3 Å².